The van der Waals surface area contributed by atoms with E-state index in [1.165, 1.54) is 11.3 Å². The van der Waals surface area contributed by atoms with Crippen molar-refractivity contribution in [2.45, 2.75) is 6.92 Å². The monoisotopic (exact) mass is 333 g/mol. The van der Waals surface area contributed by atoms with Crippen LogP contribution in [0.4, 0.5) is 11.5 Å². The van der Waals surface area contributed by atoms with Gasteiger partial charge in [0, 0.05) is 37.3 Å². The molecule has 3 aromatic rings. The van der Waals surface area contributed by atoms with Gasteiger partial charge in [0.15, 0.2) is 0 Å². The molecule has 1 saturated heterocycles. The second-order valence-corrected chi connectivity index (χ2v) is 6.46. The Morgan fingerprint density at radius 1 is 0.880 bits per heavy atom. The highest BCUT2D eigenvalue weighted by atomic mass is 16.5. The largest absolute Gasteiger partial charge is 0.494 e. The number of hydrogen-bond donors (Lipinski definition) is 0. The zero-order chi connectivity index (χ0) is 17.2. The van der Waals surface area contributed by atoms with Crippen LogP contribution < -0.4 is 14.5 Å². The predicted octanol–water partition coefficient (Wildman–Crippen LogP) is 3.88. The van der Waals surface area contributed by atoms with Crippen LogP contribution in [0.25, 0.3) is 10.9 Å². The van der Waals surface area contributed by atoms with Gasteiger partial charge in [0.1, 0.15) is 17.1 Å². The van der Waals surface area contributed by atoms with Gasteiger partial charge in [0.05, 0.1) is 7.11 Å². The van der Waals surface area contributed by atoms with E-state index in [0.717, 1.165) is 48.6 Å². The molecule has 0 spiro atoms. The Hall–Kier alpha value is -2.75. The molecule has 0 saturated carbocycles. The Bertz CT molecular complexity index is 871. The van der Waals surface area contributed by atoms with Crippen LogP contribution in [0.5, 0.6) is 5.75 Å². The standard InChI is InChI=1S/C21H23N3O/c1-16-15-20(22-21-18(16)9-6-10-19(21)25-2)24-13-11-23(12-14-24)17-7-4-3-5-8-17/h3-10,15H,11-14H2,1-2H3. The molecule has 4 nitrogen and oxygen atoms in total. The Morgan fingerprint density at radius 3 is 2.32 bits per heavy atom. The molecule has 0 unspecified atom stereocenters. The average molecular weight is 333 g/mol. The summed E-state index contributed by atoms with van der Waals surface area (Å²) < 4.78 is 5.51. The van der Waals surface area contributed by atoms with E-state index in [1.54, 1.807) is 7.11 Å². The van der Waals surface area contributed by atoms with Crippen LogP contribution in [0.15, 0.2) is 54.6 Å². The Kier molecular flexibility index (Phi) is 4.18. The van der Waals surface area contributed by atoms with Crippen LogP contribution >= 0.6 is 0 Å². The summed E-state index contributed by atoms with van der Waals surface area (Å²) >= 11 is 0. The first-order chi connectivity index (χ1) is 12.3. The minimum absolute atomic E-state index is 0.838. The first kappa shape index (κ1) is 15.8. The fraction of sp³-hybridized carbons (Fsp3) is 0.286. The highest BCUT2D eigenvalue weighted by molar-refractivity contribution is 5.88. The van der Waals surface area contributed by atoms with Crippen molar-refractivity contribution in [2.75, 3.05) is 43.1 Å². The SMILES string of the molecule is COc1cccc2c(C)cc(N3CCN(c4ccccc4)CC3)nc12. The number of para-hydroxylation sites is 2. The maximum absolute atomic E-state index is 5.51. The molecule has 0 bridgehead atoms. The van der Waals surface area contributed by atoms with Crippen LogP contribution in [0.1, 0.15) is 5.56 Å². The van der Waals surface area contributed by atoms with Crippen molar-refractivity contribution in [3.05, 3.63) is 60.2 Å². The number of anilines is 2. The zero-order valence-electron chi connectivity index (χ0n) is 14.8. The van der Waals surface area contributed by atoms with Crippen molar-refractivity contribution in [1.29, 1.82) is 0 Å². The van der Waals surface area contributed by atoms with Crippen LogP contribution in [0.2, 0.25) is 0 Å². The zero-order valence-corrected chi connectivity index (χ0v) is 14.8. The summed E-state index contributed by atoms with van der Waals surface area (Å²) in [6, 6.07) is 18.9. The topological polar surface area (TPSA) is 28.6 Å². The minimum atomic E-state index is 0.838. The number of hydrogen-bond acceptors (Lipinski definition) is 4. The smallest absolute Gasteiger partial charge is 0.145 e. The van der Waals surface area contributed by atoms with Gasteiger partial charge in [-0.25, -0.2) is 4.98 Å². The van der Waals surface area contributed by atoms with Gasteiger partial charge >= 0.3 is 0 Å². The lowest BCUT2D eigenvalue weighted by Gasteiger charge is -2.37. The minimum Gasteiger partial charge on any atom is -0.494 e. The predicted molar refractivity (Wildman–Crippen MR) is 104 cm³/mol. The molecule has 1 aromatic heterocycles. The van der Waals surface area contributed by atoms with E-state index >= 15 is 0 Å². The number of nitrogens with zero attached hydrogens (tertiary/aromatic N) is 3. The normalized spacial score (nSPS) is 14.8. The Balaban J connectivity index is 1.59. The lowest BCUT2D eigenvalue weighted by Crippen LogP contribution is -2.46. The molecule has 25 heavy (non-hydrogen) atoms. The number of fused-ring (bicyclic) bond motifs is 1. The first-order valence-corrected chi connectivity index (χ1v) is 8.75. The summed E-state index contributed by atoms with van der Waals surface area (Å²) in [5.41, 5.74) is 3.49. The lowest BCUT2D eigenvalue weighted by atomic mass is 10.1. The molecule has 0 atom stereocenters. The van der Waals surface area contributed by atoms with E-state index in [2.05, 4.69) is 59.2 Å². The van der Waals surface area contributed by atoms with E-state index in [9.17, 15) is 0 Å². The van der Waals surface area contributed by atoms with Gasteiger partial charge in [0.25, 0.3) is 0 Å². The van der Waals surface area contributed by atoms with Crippen molar-refractivity contribution in [3.63, 3.8) is 0 Å². The van der Waals surface area contributed by atoms with Crippen LogP contribution in [-0.2, 0) is 0 Å². The number of methoxy groups -OCH3 is 1. The van der Waals surface area contributed by atoms with Crippen LogP contribution in [0, 0.1) is 6.92 Å². The molecular weight excluding hydrogens is 310 g/mol. The van der Waals surface area contributed by atoms with Crippen LogP contribution in [-0.4, -0.2) is 38.3 Å². The average Bonchev–Trinajstić information content (AvgIpc) is 2.68. The molecule has 0 radical (unpaired) electrons. The molecule has 1 aliphatic rings. The summed E-state index contributed by atoms with van der Waals surface area (Å²) in [7, 11) is 1.71. The molecule has 0 N–H and O–H groups in total. The third-order valence-corrected chi connectivity index (χ3v) is 4.94. The molecule has 2 heterocycles. The van der Waals surface area contributed by atoms with Crippen molar-refractivity contribution in [1.82, 2.24) is 4.98 Å². The molecule has 1 fully saturated rings. The van der Waals surface area contributed by atoms with Gasteiger partial charge in [0.2, 0.25) is 0 Å². The highest BCUT2D eigenvalue weighted by Crippen LogP contribution is 2.29. The first-order valence-electron chi connectivity index (χ1n) is 8.75. The molecular formula is C21H23N3O. The third kappa shape index (κ3) is 3.00. The summed E-state index contributed by atoms with van der Waals surface area (Å²) in [5, 5.41) is 1.16. The number of piperazine rings is 1. The summed E-state index contributed by atoms with van der Waals surface area (Å²) in [6.45, 7) is 6.11. The molecule has 0 amide bonds. The van der Waals surface area contributed by atoms with Gasteiger partial charge in [-0.05, 0) is 36.8 Å². The number of aromatic nitrogens is 1. The number of ether oxygens (including phenoxy) is 1. The van der Waals surface area contributed by atoms with E-state index in [1.807, 2.05) is 12.1 Å². The molecule has 2 aromatic carbocycles. The van der Waals surface area contributed by atoms with E-state index in [0.29, 0.717) is 0 Å². The van der Waals surface area contributed by atoms with Gasteiger partial charge in [-0.15, -0.1) is 0 Å². The lowest BCUT2D eigenvalue weighted by molar-refractivity contribution is 0.419. The van der Waals surface area contributed by atoms with Gasteiger partial charge in [-0.1, -0.05) is 30.3 Å². The molecule has 1 aliphatic heterocycles. The summed E-state index contributed by atoms with van der Waals surface area (Å²) in [4.78, 5) is 9.72. The maximum atomic E-state index is 5.51. The molecule has 4 rings (SSSR count). The van der Waals surface area contributed by atoms with Crippen molar-refractivity contribution >= 4 is 22.4 Å². The maximum Gasteiger partial charge on any atom is 0.145 e. The summed E-state index contributed by atoms with van der Waals surface area (Å²) in [5.74, 6) is 1.88. The van der Waals surface area contributed by atoms with Crippen molar-refractivity contribution in [3.8, 4) is 5.75 Å². The van der Waals surface area contributed by atoms with E-state index in [-0.39, 0.29) is 0 Å². The van der Waals surface area contributed by atoms with Crippen molar-refractivity contribution < 1.29 is 4.74 Å². The highest BCUT2D eigenvalue weighted by Gasteiger charge is 2.19. The van der Waals surface area contributed by atoms with Crippen molar-refractivity contribution in [2.24, 2.45) is 0 Å². The molecule has 4 heteroatoms. The quantitative estimate of drug-likeness (QED) is 0.727. The number of aryl methyl sites for hydroxylation is 1. The van der Waals surface area contributed by atoms with Gasteiger partial charge in [-0.2, -0.15) is 0 Å². The van der Waals surface area contributed by atoms with Crippen LogP contribution in [0.3, 0.4) is 0 Å². The molecule has 128 valence electrons. The number of rotatable bonds is 3. The number of pyridine rings is 1. The van der Waals surface area contributed by atoms with E-state index in [4.69, 9.17) is 9.72 Å². The van der Waals surface area contributed by atoms with E-state index < -0.39 is 0 Å². The van der Waals surface area contributed by atoms with Gasteiger partial charge < -0.3 is 14.5 Å². The number of benzene rings is 2. The van der Waals surface area contributed by atoms with Gasteiger partial charge in [-0.3, -0.25) is 0 Å². The second-order valence-electron chi connectivity index (χ2n) is 6.46. The fourth-order valence-electron chi connectivity index (χ4n) is 3.53. The second kappa shape index (κ2) is 6.63. The third-order valence-electron chi connectivity index (χ3n) is 4.94. The Labute approximate surface area is 148 Å². The summed E-state index contributed by atoms with van der Waals surface area (Å²) in [6.07, 6.45) is 0. The molecule has 0 aliphatic carbocycles. The Morgan fingerprint density at radius 2 is 1.60 bits per heavy atom. The fourth-order valence-corrected chi connectivity index (χ4v) is 3.53.